The van der Waals surface area contributed by atoms with Gasteiger partial charge in [-0.3, -0.25) is 14.9 Å². The highest BCUT2D eigenvalue weighted by Crippen LogP contribution is 2.36. The number of carbonyl (C=O) groups excluding carboxylic acids is 1. The number of hydrogen-bond acceptors (Lipinski definition) is 5. The number of aryl methyl sites for hydroxylation is 1. The Kier molecular flexibility index (Phi) is 8.28. The third-order valence-corrected chi connectivity index (χ3v) is 4.24. The van der Waals surface area contributed by atoms with Crippen LogP contribution in [0.3, 0.4) is 0 Å². The standard InChI is InChI=1S/C21H22F2N2O5/c1-14(8-9-15-6-4-3-5-7-15)24-20(26)11-10-16-12-18(29-2)19(30-21(22)23)13-17(16)25(27)28/h3-7,10-14,21H,8-9H2,1-2H3,(H,24,26)/b11-10+. The Bertz CT molecular complexity index is 904. The number of nitro benzene ring substituents is 1. The van der Waals surface area contributed by atoms with Gasteiger partial charge in [0.1, 0.15) is 0 Å². The van der Waals surface area contributed by atoms with E-state index in [1.165, 1.54) is 19.3 Å². The quantitative estimate of drug-likeness (QED) is 0.350. The summed E-state index contributed by atoms with van der Waals surface area (Å²) >= 11 is 0. The van der Waals surface area contributed by atoms with E-state index in [9.17, 15) is 23.7 Å². The first kappa shape index (κ1) is 22.8. The summed E-state index contributed by atoms with van der Waals surface area (Å²) < 4.78 is 34.2. The zero-order valence-electron chi connectivity index (χ0n) is 16.5. The van der Waals surface area contributed by atoms with Crippen LogP contribution < -0.4 is 14.8 Å². The van der Waals surface area contributed by atoms with Gasteiger partial charge in [-0.2, -0.15) is 8.78 Å². The lowest BCUT2D eigenvalue weighted by Gasteiger charge is -2.12. The van der Waals surface area contributed by atoms with Crippen LogP contribution in [0, 0.1) is 10.1 Å². The minimum absolute atomic E-state index is 0.0190. The molecule has 2 aromatic carbocycles. The van der Waals surface area contributed by atoms with Gasteiger partial charge in [0.15, 0.2) is 11.5 Å². The number of methoxy groups -OCH3 is 1. The van der Waals surface area contributed by atoms with Crippen molar-refractivity contribution in [3.63, 3.8) is 0 Å². The molecule has 0 aliphatic carbocycles. The van der Waals surface area contributed by atoms with Gasteiger partial charge in [-0.25, -0.2) is 0 Å². The van der Waals surface area contributed by atoms with Gasteiger partial charge in [0.25, 0.3) is 5.69 Å². The smallest absolute Gasteiger partial charge is 0.387 e. The molecule has 1 amide bonds. The minimum Gasteiger partial charge on any atom is -0.493 e. The molecule has 0 aliphatic heterocycles. The Labute approximate surface area is 172 Å². The molecule has 0 spiro atoms. The molecule has 9 heteroatoms. The van der Waals surface area contributed by atoms with E-state index in [2.05, 4.69) is 10.1 Å². The van der Waals surface area contributed by atoms with Crippen molar-refractivity contribution < 1.29 is 28.0 Å². The molecule has 160 valence electrons. The number of carbonyl (C=O) groups is 1. The molecule has 1 N–H and O–H groups in total. The fourth-order valence-electron chi connectivity index (χ4n) is 2.76. The van der Waals surface area contributed by atoms with Gasteiger partial charge in [0, 0.05) is 12.1 Å². The Hall–Kier alpha value is -3.49. The van der Waals surface area contributed by atoms with Crippen molar-refractivity contribution in [2.75, 3.05) is 7.11 Å². The second-order valence-electron chi connectivity index (χ2n) is 6.46. The van der Waals surface area contributed by atoms with Crippen LogP contribution in [0.15, 0.2) is 48.5 Å². The lowest BCUT2D eigenvalue weighted by atomic mass is 10.1. The number of halogens is 2. The van der Waals surface area contributed by atoms with Crippen molar-refractivity contribution in [1.29, 1.82) is 0 Å². The Balaban J connectivity index is 2.07. The number of hydrogen-bond donors (Lipinski definition) is 1. The summed E-state index contributed by atoms with van der Waals surface area (Å²) in [5, 5.41) is 14.1. The molecule has 0 radical (unpaired) electrons. The maximum atomic E-state index is 12.5. The highest BCUT2D eigenvalue weighted by molar-refractivity contribution is 5.92. The molecule has 2 rings (SSSR count). The maximum Gasteiger partial charge on any atom is 0.387 e. The largest absolute Gasteiger partial charge is 0.493 e. The van der Waals surface area contributed by atoms with Crippen LogP contribution in [0.1, 0.15) is 24.5 Å². The number of rotatable bonds is 10. The van der Waals surface area contributed by atoms with Crippen molar-refractivity contribution in [2.45, 2.75) is 32.4 Å². The summed E-state index contributed by atoms with van der Waals surface area (Å²) in [4.78, 5) is 22.7. The van der Waals surface area contributed by atoms with Crippen LogP contribution in [0.4, 0.5) is 14.5 Å². The average molecular weight is 420 g/mol. The van der Waals surface area contributed by atoms with Crippen LogP contribution in [-0.2, 0) is 11.2 Å². The first-order valence-electron chi connectivity index (χ1n) is 9.14. The molecule has 0 aromatic heterocycles. The zero-order valence-corrected chi connectivity index (χ0v) is 16.5. The lowest BCUT2D eigenvalue weighted by Crippen LogP contribution is -2.31. The van der Waals surface area contributed by atoms with Gasteiger partial charge < -0.3 is 14.8 Å². The molecule has 1 unspecified atom stereocenters. The van der Waals surface area contributed by atoms with E-state index in [4.69, 9.17) is 4.74 Å². The highest BCUT2D eigenvalue weighted by Gasteiger charge is 2.20. The molecule has 2 aromatic rings. The third-order valence-electron chi connectivity index (χ3n) is 4.24. The van der Waals surface area contributed by atoms with Crippen LogP contribution in [-0.4, -0.2) is 30.6 Å². The Morgan fingerprint density at radius 1 is 1.23 bits per heavy atom. The highest BCUT2D eigenvalue weighted by atomic mass is 19.3. The van der Waals surface area contributed by atoms with E-state index in [0.717, 1.165) is 30.5 Å². The van der Waals surface area contributed by atoms with E-state index in [1.807, 2.05) is 37.3 Å². The maximum absolute atomic E-state index is 12.5. The molecular formula is C21H22F2N2O5. The van der Waals surface area contributed by atoms with Crippen LogP contribution >= 0.6 is 0 Å². The summed E-state index contributed by atoms with van der Waals surface area (Å²) in [6.45, 7) is -1.31. The molecule has 0 saturated carbocycles. The van der Waals surface area contributed by atoms with Gasteiger partial charge in [0.05, 0.1) is 23.7 Å². The lowest BCUT2D eigenvalue weighted by molar-refractivity contribution is -0.385. The van der Waals surface area contributed by atoms with E-state index < -0.39 is 28.9 Å². The number of benzene rings is 2. The molecular weight excluding hydrogens is 398 g/mol. The van der Waals surface area contributed by atoms with Gasteiger partial charge in [-0.05, 0) is 37.5 Å². The van der Waals surface area contributed by atoms with Crippen molar-refractivity contribution in [3.05, 3.63) is 69.8 Å². The van der Waals surface area contributed by atoms with Crippen LogP contribution in [0.2, 0.25) is 0 Å². The predicted octanol–water partition coefficient (Wildman–Crippen LogP) is 4.36. The summed E-state index contributed by atoms with van der Waals surface area (Å²) in [7, 11) is 1.22. The van der Waals surface area contributed by atoms with Crippen LogP contribution in [0.5, 0.6) is 11.5 Å². The monoisotopic (exact) mass is 420 g/mol. The second kappa shape index (κ2) is 10.9. The molecule has 0 aliphatic rings. The number of alkyl halides is 2. The third kappa shape index (κ3) is 6.84. The van der Waals surface area contributed by atoms with E-state index in [0.29, 0.717) is 0 Å². The Morgan fingerprint density at radius 2 is 1.93 bits per heavy atom. The molecule has 1 atom stereocenters. The number of nitrogens with zero attached hydrogens (tertiary/aromatic N) is 1. The average Bonchev–Trinajstić information content (AvgIpc) is 2.71. The topological polar surface area (TPSA) is 90.7 Å². The van der Waals surface area contributed by atoms with Gasteiger partial charge in [0.2, 0.25) is 5.91 Å². The first-order valence-corrected chi connectivity index (χ1v) is 9.14. The van der Waals surface area contributed by atoms with E-state index in [-0.39, 0.29) is 17.4 Å². The zero-order chi connectivity index (χ0) is 22.1. The predicted molar refractivity (Wildman–Crippen MR) is 108 cm³/mol. The van der Waals surface area contributed by atoms with Crippen molar-refractivity contribution in [2.24, 2.45) is 0 Å². The molecule has 0 fully saturated rings. The summed E-state index contributed by atoms with van der Waals surface area (Å²) in [6, 6.07) is 11.7. The molecule has 7 nitrogen and oxygen atoms in total. The first-order chi connectivity index (χ1) is 14.3. The van der Waals surface area contributed by atoms with Gasteiger partial charge >= 0.3 is 6.61 Å². The van der Waals surface area contributed by atoms with Gasteiger partial charge in [-0.1, -0.05) is 30.3 Å². The molecule has 30 heavy (non-hydrogen) atoms. The fraction of sp³-hybridized carbons (Fsp3) is 0.286. The SMILES string of the molecule is COc1cc(/C=C/C(=O)NC(C)CCc2ccccc2)c([N+](=O)[O-])cc1OC(F)F. The number of ether oxygens (including phenoxy) is 2. The van der Waals surface area contributed by atoms with Crippen molar-refractivity contribution in [3.8, 4) is 11.5 Å². The normalized spacial score (nSPS) is 12.0. The Morgan fingerprint density at radius 3 is 2.53 bits per heavy atom. The van der Waals surface area contributed by atoms with E-state index >= 15 is 0 Å². The number of nitro groups is 1. The van der Waals surface area contributed by atoms with E-state index in [1.54, 1.807) is 0 Å². The summed E-state index contributed by atoms with van der Waals surface area (Å²) in [6.07, 6.45) is 3.89. The van der Waals surface area contributed by atoms with Crippen molar-refractivity contribution in [1.82, 2.24) is 5.32 Å². The fourth-order valence-corrected chi connectivity index (χ4v) is 2.76. The van der Waals surface area contributed by atoms with Crippen molar-refractivity contribution >= 4 is 17.7 Å². The molecule has 0 saturated heterocycles. The van der Waals surface area contributed by atoms with Gasteiger partial charge in [-0.15, -0.1) is 0 Å². The number of amides is 1. The number of nitrogens with one attached hydrogen (secondary N) is 1. The summed E-state index contributed by atoms with van der Waals surface area (Å²) in [5.74, 6) is -1.01. The molecule has 0 bridgehead atoms. The molecule has 0 heterocycles. The summed E-state index contributed by atoms with van der Waals surface area (Å²) in [5.41, 5.74) is 0.682. The minimum atomic E-state index is -3.16. The second-order valence-corrected chi connectivity index (χ2v) is 6.46. The van der Waals surface area contributed by atoms with Crippen LogP contribution in [0.25, 0.3) is 6.08 Å².